The van der Waals surface area contributed by atoms with Crippen LogP contribution in [0.25, 0.3) is 0 Å². The van der Waals surface area contributed by atoms with Gasteiger partial charge in [-0.3, -0.25) is 0 Å². The molecule has 1 aromatic rings. The van der Waals surface area contributed by atoms with E-state index in [4.69, 9.17) is 11.0 Å². The van der Waals surface area contributed by atoms with Crippen molar-refractivity contribution in [1.29, 1.82) is 5.26 Å². The maximum atomic E-state index is 8.96. The van der Waals surface area contributed by atoms with E-state index in [1.54, 1.807) is 6.07 Å². The van der Waals surface area contributed by atoms with E-state index in [9.17, 15) is 0 Å². The molecule has 0 atom stereocenters. The van der Waals surface area contributed by atoms with E-state index < -0.39 is 0 Å². The van der Waals surface area contributed by atoms with Crippen molar-refractivity contribution in [2.75, 3.05) is 17.2 Å². The van der Waals surface area contributed by atoms with Crippen LogP contribution in [0.3, 0.4) is 0 Å². The van der Waals surface area contributed by atoms with Gasteiger partial charge in [0.25, 0.3) is 0 Å². The number of para-hydroxylation sites is 1. The molecule has 0 unspecified atom stereocenters. The lowest BCUT2D eigenvalue weighted by Crippen LogP contribution is -2.27. The summed E-state index contributed by atoms with van der Waals surface area (Å²) in [5.74, 6) is 0. The summed E-state index contributed by atoms with van der Waals surface area (Å²) in [6, 6.07) is 8.48. The number of hydrogen-bond acceptors (Lipinski definition) is 3. The van der Waals surface area contributed by atoms with E-state index in [1.165, 1.54) is 12.8 Å². The molecule has 2 rings (SSSR count). The van der Waals surface area contributed by atoms with Crippen LogP contribution in [0.15, 0.2) is 18.2 Å². The van der Waals surface area contributed by atoms with Gasteiger partial charge in [0.05, 0.1) is 16.9 Å². The van der Waals surface area contributed by atoms with Gasteiger partial charge in [-0.05, 0) is 31.4 Å². The molecule has 1 saturated carbocycles. The molecule has 1 aromatic carbocycles. The van der Waals surface area contributed by atoms with Crippen LogP contribution in [-0.2, 0) is 0 Å². The summed E-state index contributed by atoms with van der Waals surface area (Å²) in [4.78, 5) is 2.34. The first kappa shape index (κ1) is 10.8. The molecule has 0 amide bonds. The lowest BCUT2D eigenvalue weighted by molar-refractivity contribution is 0.764. The van der Waals surface area contributed by atoms with Gasteiger partial charge in [-0.15, -0.1) is 0 Å². The standard InChI is InChI=1S/C13H17N3/c1-2-8-16(11-6-7-11)12-5-3-4-10(9-14)13(12)15/h3-5,11H,2,6-8,15H2,1H3. The molecule has 3 heteroatoms. The molecule has 0 spiro atoms. The third-order valence-electron chi connectivity index (χ3n) is 2.97. The predicted octanol–water partition coefficient (Wildman–Crippen LogP) is 2.52. The van der Waals surface area contributed by atoms with Crippen molar-refractivity contribution < 1.29 is 0 Å². The highest BCUT2D eigenvalue weighted by molar-refractivity contribution is 5.74. The van der Waals surface area contributed by atoms with E-state index in [0.717, 1.165) is 18.7 Å². The van der Waals surface area contributed by atoms with Crippen LogP contribution in [0.4, 0.5) is 11.4 Å². The molecule has 0 aliphatic heterocycles. The van der Waals surface area contributed by atoms with Gasteiger partial charge >= 0.3 is 0 Å². The number of anilines is 2. The van der Waals surface area contributed by atoms with Crippen molar-refractivity contribution in [1.82, 2.24) is 0 Å². The van der Waals surface area contributed by atoms with Crippen molar-refractivity contribution in [2.45, 2.75) is 32.2 Å². The molecule has 2 N–H and O–H groups in total. The topological polar surface area (TPSA) is 53.0 Å². The Labute approximate surface area is 96.5 Å². The predicted molar refractivity (Wildman–Crippen MR) is 66.2 cm³/mol. The highest BCUT2D eigenvalue weighted by Gasteiger charge is 2.29. The summed E-state index contributed by atoms with van der Waals surface area (Å²) in [5.41, 5.74) is 8.27. The summed E-state index contributed by atoms with van der Waals surface area (Å²) in [5, 5.41) is 8.96. The Morgan fingerprint density at radius 3 is 2.81 bits per heavy atom. The van der Waals surface area contributed by atoms with Gasteiger partial charge in [0.15, 0.2) is 0 Å². The molecule has 1 aliphatic carbocycles. The normalized spacial score (nSPS) is 14.5. The first-order valence-corrected chi connectivity index (χ1v) is 5.83. The fourth-order valence-electron chi connectivity index (χ4n) is 2.03. The number of rotatable bonds is 4. The fourth-order valence-corrected chi connectivity index (χ4v) is 2.03. The van der Waals surface area contributed by atoms with Gasteiger partial charge in [-0.25, -0.2) is 0 Å². The molecular formula is C13H17N3. The van der Waals surface area contributed by atoms with Gasteiger partial charge in [-0.2, -0.15) is 5.26 Å². The number of hydrogen-bond donors (Lipinski definition) is 1. The molecule has 1 fully saturated rings. The quantitative estimate of drug-likeness (QED) is 0.785. The second kappa shape index (κ2) is 4.44. The van der Waals surface area contributed by atoms with Gasteiger partial charge in [0.1, 0.15) is 6.07 Å². The van der Waals surface area contributed by atoms with Crippen molar-refractivity contribution in [3.05, 3.63) is 23.8 Å². The molecule has 1 aliphatic rings. The Hall–Kier alpha value is -1.69. The zero-order chi connectivity index (χ0) is 11.5. The van der Waals surface area contributed by atoms with Crippen LogP contribution in [-0.4, -0.2) is 12.6 Å². The number of nitrogens with two attached hydrogens (primary N) is 1. The average molecular weight is 215 g/mol. The molecule has 0 aromatic heterocycles. The maximum Gasteiger partial charge on any atom is 0.101 e. The van der Waals surface area contributed by atoms with Gasteiger partial charge in [-0.1, -0.05) is 13.0 Å². The molecule has 0 saturated heterocycles. The Morgan fingerprint density at radius 2 is 2.25 bits per heavy atom. The Bertz CT molecular complexity index is 416. The Morgan fingerprint density at radius 1 is 1.50 bits per heavy atom. The van der Waals surface area contributed by atoms with Gasteiger partial charge in [0, 0.05) is 12.6 Å². The number of nitrogens with zero attached hydrogens (tertiary/aromatic N) is 2. The smallest absolute Gasteiger partial charge is 0.101 e. The molecule has 0 bridgehead atoms. The SMILES string of the molecule is CCCN(c1cccc(C#N)c1N)C1CC1. The van der Waals surface area contributed by atoms with E-state index in [-0.39, 0.29) is 0 Å². The minimum Gasteiger partial charge on any atom is -0.396 e. The summed E-state index contributed by atoms with van der Waals surface area (Å²) in [6.07, 6.45) is 3.60. The molecular weight excluding hydrogens is 198 g/mol. The van der Waals surface area contributed by atoms with Crippen molar-refractivity contribution in [2.24, 2.45) is 0 Å². The van der Waals surface area contributed by atoms with Gasteiger partial charge in [0.2, 0.25) is 0 Å². The Balaban J connectivity index is 2.33. The first-order chi connectivity index (χ1) is 7.77. The van der Waals surface area contributed by atoms with Crippen LogP contribution in [0.1, 0.15) is 31.7 Å². The number of benzene rings is 1. The van der Waals surface area contributed by atoms with Crippen LogP contribution >= 0.6 is 0 Å². The summed E-state index contributed by atoms with van der Waals surface area (Å²) in [6.45, 7) is 3.18. The van der Waals surface area contributed by atoms with Crippen LogP contribution in [0.2, 0.25) is 0 Å². The summed E-state index contributed by atoms with van der Waals surface area (Å²) < 4.78 is 0. The third kappa shape index (κ3) is 1.96. The minimum absolute atomic E-state index is 0.583. The van der Waals surface area contributed by atoms with Crippen LogP contribution in [0, 0.1) is 11.3 Å². The van der Waals surface area contributed by atoms with Crippen molar-refractivity contribution in [3.8, 4) is 6.07 Å². The van der Waals surface area contributed by atoms with Crippen LogP contribution in [0.5, 0.6) is 0 Å². The third-order valence-corrected chi connectivity index (χ3v) is 2.97. The second-order valence-corrected chi connectivity index (χ2v) is 4.27. The molecule has 16 heavy (non-hydrogen) atoms. The Kier molecular flexibility index (Phi) is 3.00. The van der Waals surface area contributed by atoms with E-state index >= 15 is 0 Å². The molecule has 0 radical (unpaired) electrons. The molecule has 0 heterocycles. The molecule has 3 nitrogen and oxygen atoms in total. The number of nitrogen functional groups attached to an aromatic ring is 1. The van der Waals surface area contributed by atoms with Crippen molar-refractivity contribution >= 4 is 11.4 Å². The zero-order valence-electron chi connectivity index (χ0n) is 9.61. The van der Waals surface area contributed by atoms with E-state index in [1.807, 2.05) is 12.1 Å². The van der Waals surface area contributed by atoms with Gasteiger partial charge < -0.3 is 10.6 Å². The lowest BCUT2D eigenvalue weighted by atomic mass is 10.1. The average Bonchev–Trinajstić information content (AvgIpc) is 3.11. The summed E-state index contributed by atoms with van der Waals surface area (Å²) in [7, 11) is 0. The minimum atomic E-state index is 0.583. The maximum absolute atomic E-state index is 8.96. The summed E-state index contributed by atoms with van der Waals surface area (Å²) >= 11 is 0. The highest BCUT2D eigenvalue weighted by Crippen LogP contribution is 2.35. The largest absolute Gasteiger partial charge is 0.396 e. The highest BCUT2D eigenvalue weighted by atomic mass is 15.2. The monoisotopic (exact) mass is 215 g/mol. The second-order valence-electron chi connectivity index (χ2n) is 4.27. The van der Waals surface area contributed by atoms with Crippen molar-refractivity contribution in [3.63, 3.8) is 0 Å². The number of nitriles is 1. The molecule has 84 valence electrons. The van der Waals surface area contributed by atoms with E-state index in [0.29, 0.717) is 17.3 Å². The first-order valence-electron chi connectivity index (χ1n) is 5.83. The fraction of sp³-hybridized carbons (Fsp3) is 0.462. The lowest BCUT2D eigenvalue weighted by Gasteiger charge is -2.25. The van der Waals surface area contributed by atoms with Crippen LogP contribution < -0.4 is 10.6 Å². The zero-order valence-corrected chi connectivity index (χ0v) is 9.61. The van der Waals surface area contributed by atoms with E-state index in [2.05, 4.69) is 17.9 Å².